The minimum Gasteiger partial charge on any atom is -0.385 e. The predicted octanol–water partition coefficient (Wildman–Crippen LogP) is 2.76. The molecular formula is C16H34N2O. The fraction of sp³-hybridized carbons (Fsp3) is 1.00. The van der Waals surface area contributed by atoms with Gasteiger partial charge in [0, 0.05) is 45.4 Å². The van der Waals surface area contributed by atoms with Gasteiger partial charge in [0.15, 0.2) is 0 Å². The second kappa shape index (κ2) is 7.61. The third-order valence-electron chi connectivity index (χ3n) is 4.42. The van der Waals surface area contributed by atoms with Crippen LogP contribution in [0.5, 0.6) is 0 Å². The zero-order chi connectivity index (χ0) is 14.5. The molecule has 0 spiro atoms. The summed E-state index contributed by atoms with van der Waals surface area (Å²) in [7, 11) is 1.80. The summed E-state index contributed by atoms with van der Waals surface area (Å²) in [4.78, 5) is 2.71. The Kier molecular flexibility index (Phi) is 6.78. The number of methoxy groups -OCH3 is 1. The molecule has 0 bridgehead atoms. The van der Waals surface area contributed by atoms with E-state index in [1.54, 1.807) is 7.11 Å². The lowest BCUT2D eigenvalue weighted by Gasteiger charge is -2.45. The molecule has 19 heavy (non-hydrogen) atoms. The highest BCUT2D eigenvalue weighted by Gasteiger charge is 2.32. The molecule has 3 nitrogen and oxygen atoms in total. The van der Waals surface area contributed by atoms with Crippen LogP contribution in [0.3, 0.4) is 0 Å². The van der Waals surface area contributed by atoms with Crippen molar-refractivity contribution in [2.24, 2.45) is 11.3 Å². The molecule has 0 aromatic carbocycles. The SMILES string of the molecule is CCC1CN(CC(C)(C)CCOC)C(C(C)C)CN1. The van der Waals surface area contributed by atoms with Gasteiger partial charge in [0.25, 0.3) is 0 Å². The third kappa shape index (κ3) is 5.41. The van der Waals surface area contributed by atoms with E-state index in [9.17, 15) is 0 Å². The van der Waals surface area contributed by atoms with Crippen LogP contribution in [0.2, 0.25) is 0 Å². The second-order valence-corrected chi connectivity index (χ2v) is 7.16. The fourth-order valence-corrected chi connectivity index (χ4v) is 3.02. The lowest BCUT2D eigenvalue weighted by atomic mass is 9.86. The van der Waals surface area contributed by atoms with Crippen LogP contribution in [0.15, 0.2) is 0 Å². The second-order valence-electron chi connectivity index (χ2n) is 7.16. The number of nitrogens with one attached hydrogen (secondary N) is 1. The van der Waals surface area contributed by atoms with Gasteiger partial charge < -0.3 is 10.1 Å². The zero-order valence-electron chi connectivity index (χ0n) is 13.8. The fourth-order valence-electron chi connectivity index (χ4n) is 3.02. The molecule has 0 radical (unpaired) electrons. The van der Waals surface area contributed by atoms with Crippen molar-refractivity contribution in [1.29, 1.82) is 0 Å². The Balaban J connectivity index is 2.63. The van der Waals surface area contributed by atoms with Crippen LogP contribution < -0.4 is 5.32 Å². The van der Waals surface area contributed by atoms with E-state index in [1.807, 2.05) is 0 Å². The first-order valence-corrected chi connectivity index (χ1v) is 7.86. The molecule has 0 aromatic heterocycles. The van der Waals surface area contributed by atoms with Crippen molar-refractivity contribution in [2.75, 3.05) is 33.4 Å². The first-order valence-electron chi connectivity index (χ1n) is 7.86. The van der Waals surface area contributed by atoms with Gasteiger partial charge >= 0.3 is 0 Å². The van der Waals surface area contributed by atoms with Gasteiger partial charge in [-0.2, -0.15) is 0 Å². The number of rotatable bonds is 7. The zero-order valence-corrected chi connectivity index (χ0v) is 13.8. The quantitative estimate of drug-likeness (QED) is 0.770. The Bertz CT molecular complexity index is 253. The molecule has 1 fully saturated rings. The summed E-state index contributed by atoms with van der Waals surface area (Å²) in [6.07, 6.45) is 2.36. The van der Waals surface area contributed by atoms with E-state index in [0.29, 0.717) is 23.4 Å². The Hall–Kier alpha value is -0.120. The lowest BCUT2D eigenvalue weighted by molar-refractivity contribution is 0.0463. The van der Waals surface area contributed by atoms with Crippen molar-refractivity contribution < 1.29 is 4.74 Å². The maximum absolute atomic E-state index is 5.25. The first-order chi connectivity index (χ1) is 8.89. The van der Waals surface area contributed by atoms with Crippen molar-refractivity contribution in [3.63, 3.8) is 0 Å². The van der Waals surface area contributed by atoms with E-state index in [4.69, 9.17) is 4.74 Å². The molecule has 0 aliphatic carbocycles. The number of piperazine rings is 1. The smallest absolute Gasteiger partial charge is 0.0467 e. The van der Waals surface area contributed by atoms with Crippen molar-refractivity contribution >= 4 is 0 Å². The van der Waals surface area contributed by atoms with Crippen molar-refractivity contribution in [3.05, 3.63) is 0 Å². The maximum Gasteiger partial charge on any atom is 0.0467 e. The topological polar surface area (TPSA) is 24.5 Å². The summed E-state index contributed by atoms with van der Waals surface area (Å²) < 4.78 is 5.25. The van der Waals surface area contributed by atoms with Crippen LogP contribution >= 0.6 is 0 Å². The van der Waals surface area contributed by atoms with E-state index in [2.05, 4.69) is 44.8 Å². The first kappa shape index (κ1) is 16.9. The minimum atomic E-state index is 0.332. The van der Waals surface area contributed by atoms with Crippen molar-refractivity contribution in [3.8, 4) is 0 Å². The summed E-state index contributed by atoms with van der Waals surface area (Å²) in [6, 6.07) is 1.33. The van der Waals surface area contributed by atoms with Gasteiger partial charge in [-0.05, 0) is 24.2 Å². The predicted molar refractivity (Wildman–Crippen MR) is 82.6 cm³/mol. The van der Waals surface area contributed by atoms with E-state index >= 15 is 0 Å². The number of hydrogen-bond donors (Lipinski definition) is 1. The van der Waals surface area contributed by atoms with Gasteiger partial charge in [-0.25, -0.2) is 0 Å². The third-order valence-corrected chi connectivity index (χ3v) is 4.42. The van der Waals surface area contributed by atoms with E-state index in [0.717, 1.165) is 19.6 Å². The van der Waals surface area contributed by atoms with Gasteiger partial charge in [-0.3, -0.25) is 4.90 Å². The van der Waals surface area contributed by atoms with E-state index in [1.165, 1.54) is 19.5 Å². The lowest BCUT2D eigenvalue weighted by Crippen LogP contribution is -2.59. The molecule has 0 aromatic rings. The van der Waals surface area contributed by atoms with Crippen LogP contribution in [0.25, 0.3) is 0 Å². The molecule has 2 unspecified atom stereocenters. The molecule has 114 valence electrons. The summed E-state index contributed by atoms with van der Waals surface area (Å²) in [5, 5.41) is 3.69. The maximum atomic E-state index is 5.25. The van der Waals surface area contributed by atoms with Crippen LogP contribution in [0.4, 0.5) is 0 Å². The molecule has 3 heteroatoms. The van der Waals surface area contributed by atoms with Gasteiger partial charge in [0.2, 0.25) is 0 Å². The van der Waals surface area contributed by atoms with Crippen LogP contribution in [-0.2, 0) is 4.74 Å². The van der Waals surface area contributed by atoms with E-state index in [-0.39, 0.29) is 0 Å². The Morgan fingerprint density at radius 2 is 2.05 bits per heavy atom. The number of hydrogen-bond acceptors (Lipinski definition) is 3. The van der Waals surface area contributed by atoms with Crippen molar-refractivity contribution in [2.45, 2.75) is 59.5 Å². The van der Waals surface area contributed by atoms with Gasteiger partial charge in [-0.1, -0.05) is 34.6 Å². The largest absolute Gasteiger partial charge is 0.385 e. The summed E-state index contributed by atoms with van der Waals surface area (Å²) in [5.74, 6) is 0.712. The Labute approximate surface area is 120 Å². The average Bonchev–Trinajstić information content (AvgIpc) is 2.35. The highest BCUT2D eigenvalue weighted by molar-refractivity contribution is 4.89. The summed E-state index contributed by atoms with van der Waals surface area (Å²) >= 11 is 0. The van der Waals surface area contributed by atoms with Gasteiger partial charge in [-0.15, -0.1) is 0 Å². The molecule has 1 heterocycles. The average molecular weight is 270 g/mol. The highest BCUT2D eigenvalue weighted by atomic mass is 16.5. The molecule has 0 saturated carbocycles. The molecule has 1 aliphatic heterocycles. The number of nitrogens with zero attached hydrogens (tertiary/aromatic N) is 1. The molecule has 1 saturated heterocycles. The molecule has 1 aliphatic rings. The van der Waals surface area contributed by atoms with Crippen LogP contribution in [0.1, 0.15) is 47.5 Å². The summed E-state index contributed by atoms with van der Waals surface area (Å²) in [6.45, 7) is 16.1. The minimum absolute atomic E-state index is 0.332. The summed E-state index contributed by atoms with van der Waals surface area (Å²) in [5.41, 5.74) is 0.332. The standard InChI is InChI=1S/C16H34N2O/c1-7-14-11-18(15(10-17-14)13(2)3)12-16(4,5)8-9-19-6/h13-15,17H,7-12H2,1-6H3. The highest BCUT2D eigenvalue weighted by Crippen LogP contribution is 2.26. The normalized spacial score (nSPS) is 26.1. The molecule has 0 amide bonds. The number of ether oxygens (including phenoxy) is 1. The Morgan fingerprint density at radius 1 is 1.37 bits per heavy atom. The van der Waals surface area contributed by atoms with E-state index < -0.39 is 0 Å². The van der Waals surface area contributed by atoms with Gasteiger partial charge in [0.1, 0.15) is 0 Å². The molecular weight excluding hydrogens is 236 g/mol. The van der Waals surface area contributed by atoms with Crippen molar-refractivity contribution in [1.82, 2.24) is 10.2 Å². The Morgan fingerprint density at radius 3 is 2.58 bits per heavy atom. The molecule has 2 atom stereocenters. The van der Waals surface area contributed by atoms with Gasteiger partial charge in [0.05, 0.1) is 0 Å². The van der Waals surface area contributed by atoms with Crippen LogP contribution in [-0.4, -0.2) is 50.3 Å². The molecule has 1 rings (SSSR count). The van der Waals surface area contributed by atoms with Crippen LogP contribution in [0, 0.1) is 11.3 Å². The monoisotopic (exact) mass is 270 g/mol. The molecule has 1 N–H and O–H groups in total.